The van der Waals surface area contributed by atoms with Crippen LogP contribution in [0.1, 0.15) is 10.4 Å². The predicted octanol–water partition coefficient (Wildman–Crippen LogP) is 3.71. The number of rotatable bonds is 6. The summed E-state index contributed by atoms with van der Waals surface area (Å²) in [7, 11) is 0. The molecule has 2 aromatic heterocycles. The molecule has 1 aromatic carbocycles. The van der Waals surface area contributed by atoms with Crippen LogP contribution in [-0.2, 0) is 13.2 Å². The van der Waals surface area contributed by atoms with Gasteiger partial charge in [-0.15, -0.1) is 11.3 Å². The van der Waals surface area contributed by atoms with Gasteiger partial charge in [0.15, 0.2) is 0 Å². The molecular formula is C14H13ClN4OS. The first-order chi connectivity index (χ1) is 10.3. The fourth-order valence-electron chi connectivity index (χ4n) is 1.84. The molecule has 108 valence electrons. The molecular weight excluding hydrogens is 308 g/mol. The van der Waals surface area contributed by atoms with Crippen molar-refractivity contribution in [1.29, 1.82) is 0 Å². The highest BCUT2D eigenvalue weighted by atomic mass is 35.5. The van der Waals surface area contributed by atoms with Crippen LogP contribution in [-0.4, -0.2) is 15.2 Å². The van der Waals surface area contributed by atoms with Crippen LogP contribution in [0.3, 0.4) is 0 Å². The molecule has 0 aliphatic rings. The lowest BCUT2D eigenvalue weighted by Crippen LogP contribution is -2.04. The lowest BCUT2D eigenvalue weighted by Gasteiger charge is -2.12. The topological polar surface area (TPSA) is 62.8 Å². The maximum atomic E-state index is 6.06. The van der Waals surface area contributed by atoms with Crippen LogP contribution < -0.4 is 10.1 Å². The number of thiophene rings is 1. The Hall–Kier alpha value is -2.05. The Bertz CT molecular complexity index is 685. The summed E-state index contributed by atoms with van der Waals surface area (Å²) in [6.07, 6.45) is 1.45. The number of H-pyrrole nitrogens is 1. The van der Waals surface area contributed by atoms with Crippen molar-refractivity contribution in [2.75, 3.05) is 5.32 Å². The van der Waals surface area contributed by atoms with Crippen LogP contribution in [0.4, 0.5) is 5.95 Å². The average Bonchev–Trinajstić information content (AvgIpc) is 3.17. The molecule has 0 radical (unpaired) electrons. The van der Waals surface area contributed by atoms with Crippen molar-refractivity contribution in [3.05, 3.63) is 57.5 Å². The molecule has 0 aliphatic carbocycles. The molecule has 21 heavy (non-hydrogen) atoms. The highest BCUT2D eigenvalue weighted by Gasteiger charge is 2.07. The highest BCUT2D eigenvalue weighted by molar-refractivity contribution is 7.09. The molecule has 3 rings (SSSR count). The molecule has 0 spiro atoms. The number of halogens is 1. The van der Waals surface area contributed by atoms with Crippen LogP contribution in [0.5, 0.6) is 5.75 Å². The highest BCUT2D eigenvalue weighted by Crippen LogP contribution is 2.25. The summed E-state index contributed by atoms with van der Waals surface area (Å²) in [5.74, 6) is 1.42. The van der Waals surface area contributed by atoms with E-state index in [0.29, 0.717) is 24.1 Å². The summed E-state index contributed by atoms with van der Waals surface area (Å²) in [5.41, 5.74) is 0.968. The molecule has 2 N–H and O–H groups in total. The average molecular weight is 321 g/mol. The van der Waals surface area contributed by atoms with Gasteiger partial charge in [-0.3, -0.25) is 0 Å². The molecule has 0 atom stereocenters. The normalized spacial score (nSPS) is 10.5. The Kier molecular flexibility index (Phi) is 4.37. The van der Waals surface area contributed by atoms with Crippen LogP contribution in [0.25, 0.3) is 0 Å². The second-order valence-electron chi connectivity index (χ2n) is 4.31. The number of aromatic nitrogens is 3. The van der Waals surface area contributed by atoms with E-state index in [9.17, 15) is 0 Å². The van der Waals surface area contributed by atoms with E-state index in [0.717, 1.165) is 11.3 Å². The van der Waals surface area contributed by atoms with Crippen molar-refractivity contribution < 1.29 is 4.74 Å². The molecule has 0 fully saturated rings. The van der Waals surface area contributed by atoms with Gasteiger partial charge in [-0.05, 0) is 29.6 Å². The van der Waals surface area contributed by atoms with Crippen molar-refractivity contribution in [2.24, 2.45) is 0 Å². The first-order valence-corrected chi connectivity index (χ1v) is 7.60. The number of aromatic amines is 1. The second kappa shape index (κ2) is 6.60. The van der Waals surface area contributed by atoms with Crippen LogP contribution >= 0.6 is 22.9 Å². The largest absolute Gasteiger partial charge is 0.488 e. The maximum absolute atomic E-state index is 6.06. The number of nitrogens with zero attached hydrogens (tertiary/aromatic N) is 2. The number of anilines is 1. The Morgan fingerprint density at radius 2 is 2.29 bits per heavy atom. The predicted molar refractivity (Wildman–Crippen MR) is 83.8 cm³/mol. The van der Waals surface area contributed by atoms with Gasteiger partial charge in [0.1, 0.15) is 18.7 Å². The third-order valence-corrected chi connectivity index (χ3v) is 3.92. The monoisotopic (exact) mass is 320 g/mol. The molecule has 0 amide bonds. The summed E-state index contributed by atoms with van der Waals surface area (Å²) in [6.45, 7) is 1.10. The Morgan fingerprint density at radius 3 is 3.05 bits per heavy atom. The minimum atomic E-state index is 0.550. The lowest BCUT2D eigenvalue weighted by atomic mass is 10.2. The first-order valence-electron chi connectivity index (χ1n) is 6.34. The van der Waals surface area contributed by atoms with E-state index in [1.165, 1.54) is 11.2 Å². The molecule has 0 aliphatic heterocycles. The summed E-state index contributed by atoms with van der Waals surface area (Å²) >= 11 is 7.73. The molecule has 0 saturated heterocycles. The smallest absolute Gasteiger partial charge is 0.218 e. The number of benzene rings is 1. The number of hydrogen-bond acceptors (Lipinski definition) is 5. The van der Waals surface area contributed by atoms with Crippen molar-refractivity contribution in [2.45, 2.75) is 13.2 Å². The Labute approximate surface area is 130 Å². The first kappa shape index (κ1) is 13.9. The minimum Gasteiger partial charge on any atom is -0.488 e. The van der Waals surface area contributed by atoms with E-state index in [2.05, 4.69) is 20.5 Å². The quantitative estimate of drug-likeness (QED) is 0.726. The van der Waals surface area contributed by atoms with Gasteiger partial charge in [-0.2, -0.15) is 5.10 Å². The van der Waals surface area contributed by atoms with Gasteiger partial charge in [0.25, 0.3) is 0 Å². The van der Waals surface area contributed by atoms with E-state index >= 15 is 0 Å². The van der Waals surface area contributed by atoms with E-state index in [1.807, 2.05) is 35.7 Å². The van der Waals surface area contributed by atoms with Crippen LogP contribution in [0.2, 0.25) is 5.02 Å². The zero-order valence-corrected chi connectivity index (χ0v) is 12.6. The standard InChI is InChI=1S/C14H13ClN4OS/c15-11-3-4-13(20-8-12-2-1-5-21-12)10(6-11)7-16-14-17-9-18-19-14/h1-6,9H,7-8H2,(H2,16,17,18,19). The lowest BCUT2D eigenvalue weighted by molar-refractivity contribution is 0.307. The number of ether oxygens (including phenoxy) is 1. The Morgan fingerprint density at radius 1 is 1.33 bits per heavy atom. The zero-order valence-electron chi connectivity index (χ0n) is 11.0. The van der Waals surface area contributed by atoms with Crippen molar-refractivity contribution >= 4 is 28.9 Å². The van der Waals surface area contributed by atoms with Crippen molar-refractivity contribution in [3.63, 3.8) is 0 Å². The van der Waals surface area contributed by atoms with Gasteiger partial charge in [0.2, 0.25) is 5.95 Å². The van der Waals surface area contributed by atoms with E-state index < -0.39 is 0 Å². The third kappa shape index (κ3) is 3.74. The van der Waals surface area contributed by atoms with Gasteiger partial charge in [-0.1, -0.05) is 17.7 Å². The molecule has 0 bridgehead atoms. The minimum absolute atomic E-state index is 0.550. The third-order valence-electron chi connectivity index (χ3n) is 2.83. The van der Waals surface area contributed by atoms with Crippen molar-refractivity contribution in [3.8, 4) is 5.75 Å². The van der Waals surface area contributed by atoms with E-state index in [-0.39, 0.29) is 0 Å². The Balaban J connectivity index is 1.70. The number of hydrogen-bond donors (Lipinski definition) is 2. The summed E-state index contributed by atoms with van der Waals surface area (Å²) in [6, 6.07) is 9.65. The van der Waals surface area contributed by atoms with Gasteiger partial charge >= 0.3 is 0 Å². The second-order valence-corrected chi connectivity index (χ2v) is 5.78. The zero-order chi connectivity index (χ0) is 14.5. The fraction of sp³-hybridized carbons (Fsp3) is 0.143. The maximum Gasteiger partial charge on any atom is 0.218 e. The molecule has 0 unspecified atom stereocenters. The van der Waals surface area contributed by atoms with Gasteiger partial charge in [0.05, 0.1) is 0 Å². The molecule has 3 aromatic rings. The van der Waals surface area contributed by atoms with Crippen molar-refractivity contribution in [1.82, 2.24) is 15.2 Å². The molecule has 7 heteroatoms. The van der Waals surface area contributed by atoms with Gasteiger partial charge in [0, 0.05) is 22.0 Å². The van der Waals surface area contributed by atoms with E-state index in [1.54, 1.807) is 11.3 Å². The summed E-state index contributed by atoms with van der Waals surface area (Å²) < 4.78 is 5.87. The van der Waals surface area contributed by atoms with Gasteiger partial charge < -0.3 is 10.1 Å². The number of nitrogens with one attached hydrogen (secondary N) is 2. The fourth-order valence-corrected chi connectivity index (χ4v) is 2.65. The molecule has 0 saturated carbocycles. The van der Waals surface area contributed by atoms with Crippen LogP contribution in [0, 0.1) is 0 Å². The summed E-state index contributed by atoms with van der Waals surface area (Å²) in [5, 5.41) is 12.4. The molecule has 5 nitrogen and oxygen atoms in total. The molecule has 2 heterocycles. The summed E-state index contributed by atoms with van der Waals surface area (Å²) in [4.78, 5) is 5.20. The SMILES string of the molecule is Clc1ccc(OCc2cccs2)c(CNc2ncn[nH]2)c1. The van der Waals surface area contributed by atoms with Crippen LogP contribution in [0.15, 0.2) is 42.0 Å². The van der Waals surface area contributed by atoms with Gasteiger partial charge in [-0.25, -0.2) is 10.1 Å². The van der Waals surface area contributed by atoms with E-state index in [4.69, 9.17) is 16.3 Å².